The number of halogens is 1. The predicted octanol–water partition coefficient (Wildman–Crippen LogP) is 0.426. The van der Waals surface area contributed by atoms with Gasteiger partial charge in [-0.25, -0.2) is 0 Å². The maximum Gasteiger partial charge on any atom is 0.383 e. The summed E-state index contributed by atoms with van der Waals surface area (Å²) in [5.41, 5.74) is 0. The number of methoxy groups -OCH3 is 1. The summed E-state index contributed by atoms with van der Waals surface area (Å²) in [6.45, 7) is 0.161. The molecule has 1 unspecified atom stereocenters. The van der Waals surface area contributed by atoms with Crippen LogP contribution in [-0.4, -0.2) is 46.2 Å². The number of nitro groups is 1. The number of rotatable bonds is 7. The lowest BCUT2D eigenvalue weighted by Gasteiger charge is -2.10. The maximum atomic E-state index is 10.4. The summed E-state index contributed by atoms with van der Waals surface area (Å²) < 4.78 is 10.8. The Hall–Kier alpha value is -1.22. The molecule has 0 aliphatic carbocycles. The molecule has 0 amide bonds. The molecule has 17 heavy (non-hydrogen) atoms. The van der Waals surface area contributed by atoms with Gasteiger partial charge in [0.25, 0.3) is 0 Å². The highest BCUT2D eigenvalue weighted by atomic mass is 35.5. The highest BCUT2D eigenvalue weighted by Gasteiger charge is 2.18. The second-order valence-electron chi connectivity index (χ2n) is 3.21. The molecule has 1 atom stereocenters. The van der Waals surface area contributed by atoms with Gasteiger partial charge in [0.05, 0.1) is 19.3 Å². The Bertz CT molecular complexity index is 383. The Labute approximate surface area is 102 Å². The zero-order chi connectivity index (χ0) is 12.8. The van der Waals surface area contributed by atoms with Crippen molar-refractivity contribution in [3.8, 4) is 0 Å². The van der Waals surface area contributed by atoms with E-state index in [4.69, 9.17) is 16.3 Å². The number of aliphatic hydroxyl groups excluding tert-OH is 1. The number of ether oxygens (including phenoxy) is 2. The minimum absolute atomic E-state index is 0.0378. The van der Waals surface area contributed by atoms with Crippen molar-refractivity contribution >= 4 is 17.4 Å². The van der Waals surface area contributed by atoms with Crippen LogP contribution in [0.5, 0.6) is 0 Å². The van der Waals surface area contributed by atoms with Gasteiger partial charge in [0, 0.05) is 7.11 Å². The van der Waals surface area contributed by atoms with Crippen molar-refractivity contribution in [1.29, 1.82) is 0 Å². The molecular formula is C8H12ClN3O5. The molecule has 0 bridgehead atoms. The van der Waals surface area contributed by atoms with Gasteiger partial charge in [-0.3, -0.25) is 4.57 Å². The molecule has 0 saturated heterocycles. The van der Waals surface area contributed by atoms with Crippen LogP contribution in [0.15, 0.2) is 6.20 Å². The Balaban J connectivity index is 2.52. The van der Waals surface area contributed by atoms with E-state index in [1.807, 2.05) is 0 Å². The predicted molar refractivity (Wildman–Crippen MR) is 57.7 cm³/mol. The van der Waals surface area contributed by atoms with Crippen LogP contribution < -0.4 is 0 Å². The summed E-state index contributed by atoms with van der Waals surface area (Å²) in [5.74, 6) is -0.361. The maximum absolute atomic E-state index is 10.4. The monoisotopic (exact) mass is 265 g/mol. The van der Waals surface area contributed by atoms with Crippen LogP contribution in [0.1, 0.15) is 0 Å². The fourth-order valence-corrected chi connectivity index (χ4v) is 1.35. The molecular weight excluding hydrogens is 254 g/mol. The van der Waals surface area contributed by atoms with E-state index < -0.39 is 11.0 Å². The van der Waals surface area contributed by atoms with E-state index in [1.54, 1.807) is 0 Å². The number of hydrogen-bond acceptors (Lipinski definition) is 6. The number of aliphatic hydroxyl groups is 1. The fourth-order valence-electron chi connectivity index (χ4n) is 1.14. The summed E-state index contributed by atoms with van der Waals surface area (Å²) in [6.07, 6.45) is 0.304. The number of nitrogens with zero attached hydrogens (tertiary/aromatic N) is 3. The molecule has 1 heterocycles. The van der Waals surface area contributed by atoms with Crippen LogP contribution in [0.3, 0.4) is 0 Å². The number of aromatic nitrogens is 2. The normalized spacial score (nSPS) is 12.6. The number of hydrogen-bond donors (Lipinski definition) is 1. The van der Waals surface area contributed by atoms with Gasteiger partial charge < -0.3 is 24.7 Å². The molecule has 1 N–H and O–H groups in total. The Morgan fingerprint density at radius 1 is 1.76 bits per heavy atom. The van der Waals surface area contributed by atoms with Crippen molar-refractivity contribution in [2.45, 2.75) is 12.6 Å². The smallest absolute Gasteiger partial charge is 0.383 e. The molecule has 96 valence electrons. The van der Waals surface area contributed by atoms with Crippen molar-refractivity contribution in [3.05, 3.63) is 21.6 Å². The highest BCUT2D eigenvalue weighted by molar-refractivity contribution is 6.28. The van der Waals surface area contributed by atoms with E-state index in [0.717, 1.165) is 6.20 Å². The standard InChI is InChI=1S/C8H12ClN3O5/c1-16-5-17-4-6(13)2-11-3-7(12(14)15)10-8(11)9/h3,6,13H,2,4-5H2,1H3. The van der Waals surface area contributed by atoms with Crippen molar-refractivity contribution in [1.82, 2.24) is 9.55 Å². The van der Waals surface area contributed by atoms with Gasteiger partial charge >= 0.3 is 11.1 Å². The molecule has 8 nitrogen and oxygen atoms in total. The van der Waals surface area contributed by atoms with Crippen molar-refractivity contribution < 1.29 is 19.5 Å². The topological polar surface area (TPSA) is 99.6 Å². The highest BCUT2D eigenvalue weighted by Crippen LogP contribution is 2.15. The Morgan fingerprint density at radius 2 is 2.47 bits per heavy atom. The van der Waals surface area contributed by atoms with E-state index in [-0.39, 0.29) is 31.0 Å². The summed E-state index contributed by atoms with van der Waals surface area (Å²) in [6, 6.07) is 0. The van der Waals surface area contributed by atoms with Crippen LogP contribution in [-0.2, 0) is 16.0 Å². The molecule has 0 fully saturated rings. The summed E-state index contributed by atoms with van der Waals surface area (Å²) in [5, 5.41) is 19.9. The first-order valence-electron chi connectivity index (χ1n) is 4.66. The van der Waals surface area contributed by atoms with Crippen LogP contribution >= 0.6 is 11.6 Å². The average molecular weight is 266 g/mol. The molecule has 0 spiro atoms. The van der Waals surface area contributed by atoms with Gasteiger partial charge in [-0.05, 0) is 21.5 Å². The first-order chi connectivity index (χ1) is 8.04. The molecule has 0 aromatic carbocycles. The molecule has 0 radical (unpaired) electrons. The third-order valence-corrected chi connectivity index (χ3v) is 2.12. The quantitative estimate of drug-likeness (QED) is 0.332. The zero-order valence-corrected chi connectivity index (χ0v) is 9.83. The molecule has 1 aromatic rings. The molecule has 0 saturated carbocycles. The van der Waals surface area contributed by atoms with Gasteiger partial charge in [-0.2, -0.15) is 0 Å². The van der Waals surface area contributed by atoms with Gasteiger partial charge in [0.15, 0.2) is 0 Å². The zero-order valence-electron chi connectivity index (χ0n) is 9.08. The third kappa shape index (κ3) is 4.27. The summed E-state index contributed by atoms with van der Waals surface area (Å²) in [4.78, 5) is 13.3. The molecule has 1 aromatic heterocycles. The Kier molecular flexibility index (Phi) is 5.29. The van der Waals surface area contributed by atoms with Gasteiger partial charge in [0.2, 0.25) is 0 Å². The SMILES string of the molecule is COCOCC(O)Cn1cc([N+](=O)[O-])nc1Cl. The minimum Gasteiger partial charge on any atom is -0.389 e. The average Bonchev–Trinajstić information content (AvgIpc) is 2.61. The third-order valence-electron chi connectivity index (χ3n) is 1.82. The van der Waals surface area contributed by atoms with Crippen LogP contribution in [0.4, 0.5) is 5.82 Å². The van der Waals surface area contributed by atoms with Crippen molar-refractivity contribution in [3.63, 3.8) is 0 Å². The van der Waals surface area contributed by atoms with E-state index in [0.29, 0.717) is 0 Å². The molecule has 0 aliphatic rings. The van der Waals surface area contributed by atoms with Crippen LogP contribution in [0.25, 0.3) is 0 Å². The van der Waals surface area contributed by atoms with Crippen molar-refractivity contribution in [2.24, 2.45) is 0 Å². The first kappa shape index (κ1) is 13.8. The van der Waals surface area contributed by atoms with Crippen LogP contribution in [0.2, 0.25) is 5.28 Å². The number of imidazole rings is 1. The fraction of sp³-hybridized carbons (Fsp3) is 0.625. The van der Waals surface area contributed by atoms with E-state index in [2.05, 4.69) is 9.72 Å². The lowest BCUT2D eigenvalue weighted by Crippen LogP contribution is -2.22. The summed E-state index contributed by atoms with van der Waals surface area (Å²) in [7, 11) is 1.46. The lowest BCUT2D eigenvalue weighted by molar-refractivity contribution is -0.389. The van der Waals surface area contributed by atoms with Gasteiger partial charge in [0.1, 0.15) is 13.0 Å². The van der Waals surface area contributed by atoms with Crippen molar-refractivity contribution in [2.75, 3.05) is 20.5 Å². The Morgan fingerprint density at radius 3 is 3.00 bits per heavy atom. The van der Waals surface area contributed by atoms with Crippen LogP contribution in [0, 0.1) is 10.1 Å². The second kappa shape index (κ2) is 6.50. The van der Waals surface area contributed by atoms with E-state index in [1.165, 1.54) is 11.7 Å². The molecule has 0 aliphatic heterocycles. The minimum atomic E-state index is -0.851. The molecule has 9 heteroatoms. The van der Waals surface area contributed by atoms with E-state index >= 15 is 0 Å². The first-order valence-corrected chi connectivity index (χ1v) is 5.04. The lowest BCUT2D eigenvalue weighted by atomic mass is 10.4. The van der Waals surface area contributed by atoms with Gasteiger partial charge in [-0.1, -0.05) is 0 Å². The summed E-state index contributed by atoms with van der Waals surface area (Å²) >= 11 is 5.67. The van der Waals surface area contributed by atoms with Gasteiger partial charge in [-0.15, -0.1) is 0 Å². The van der Waals surface area contributed by atoms with E-state index in [9.17, 15) is 15.2 Å². The second-order valence-corrected chi connectivity index (χ2v) is 3.55. The largest absolute Gasteiger partial charge is 0.389 e. The molecule has 1 rings (SSSR count).